The van der Waals surface area contributed by atoms with E-state index in [0.717, 1.165) is 23.5 Å². The van der Waals surface area contributed by atoms with Gasteiger partial charge in [0.05, 0.1) is 12.1 Å². The Hall–Kier alpha value is -2.24. The largest absolute Gasteiger partial charge is 0.481 e. The maximum atomic E-state index is 10.6. The van der Waals surface area contributed by atoms with E-state index in [1.165, 1.54) is 0 Å². The molecule has 1 heterocycles. The topological polar surface area (TPSA) is 80.9 Å². The molecular formula is C11H12N4O2. The van der Waals surface area contributed by atoms with Crippen molar-refractivity contribution in [3.05, 3.63) is 35.7 Å². The number of carboxylic acids is 1. The molecule has 0 atom stereocenters. The van der Waals surface area contributed by atoms with Crippen LogP contribution < -0.4 is 0 Å². The monoisotopic (exact) mass is 232 g/mol. The van der Waals surface area contributed by atoms with Crippen molar-refractivity contribution < 1.29 is 9.90 Å². The third-order valence-corrected chi connectivity index (χ3v) is 2.36. The van der Waals surface area contributed by atoms with Crippen molar-refractivity contribution in [2.24, 2.45) is 0 Å². The third kappa shape index (κ3) is 2.47. The van der Waals surface area contributed by atoms with Gasteiger partial charge in [-0.3, -0.25) is 4.79 Å². The lowest BCUT2D eigenvalue weighted by atomic mass is 10.1. The highest BCUT2D eigenvalue weighted by molar-refractivity contribution is 5.70. The fourth-order valence-electron chi connectivity index (χ4n) is 1.60. The van der Waals surface area contributed by atoms with Crippen LogP contribution >= 0.6 is 0 Å². The fraction of sp³-hybridized carbons (Fsp3) is 0.273. The zero-order valence-corrected chi connectivity index (χ0v) is 9.37. The Kier molecular flexibility index (Phi) is 3.13. The van der Waals surface area contributed by atoms with Crippen LogP contribution in [0.1, 0.15) is 18.3 Å². The number of benzene rings is 1. The average Bonchev–Trinajstić information content (AvgIpc) is 2.76. The minimum Gasteiger partial charge on any atom is -0.481 e. The summed E-state index contributed by atoms with van der Waals surface area (Å²) in [4.78, 5) is 10.6. The van der Waals surface area contributed by atoms with E-state index in [9.17, 15) is 4.79 Å². The van der Waals surface area contributed by atoms with E-state index in [2.05, 4.69) is 15.5 Å². The molecule has 0 saturated heterocycles. The number of carboxylic acid groups (broad SMARTS) is 1. The molecule has 0 unspecified atom stereocenters. The molecule has 1 aromatic heterocycles. The highest BCUT2D eigenvalue weighted by atomic mass is 16.4. The number of rotatable bonds is 4. The Morgan fingerprint density at radius 3 is 3.00 bits per heavy atom. The number of carbonyl (C=O) groups is 1. The summed E-state index contributed by atoms with van der Waals surface area (Å²) >= 11 is 0. The van der Waals surface area contributed by atoms with Gasteiger partial charge in [0, 0.05) is 6.42 Å². The lowest BCUT2D eigenvalue weighted by molar-refractivity contribution is -0.136. The van der Waals surface area contributed by atoms with Crippen LogP contribution in [-0.4, -0.2) is 31.3 Å². The molecule has 17 heavy (non-hydrogen) atoms. The molecule has 1 aromatic carbocycles. The molecule has 1 N–H and O–H groups in total. The molecule has 0 bridgehead atoms. The van der Waals surface area contributed by atoms with Crippen molar-refractivity contribution in [1.29, 1.82) is 0 Å². The van der Waals surface area contributed by atoms with E-state index >= 15 is 0 Å². The molecule has 0 saturated carbocycles. The van der Waals surface area contributed by atoms with Crippen molar-refractivity contribution in [2.45, 2.75) is 19.8 Å². The third-order valence-electron chi connectivity index (χ3n) is 2.36. The summed E-state index contributed by atoms with van der Waals surface area (Å²) in [5, 5.41) is 20.1. The van der Waals surface area contributed by atoms with Crippen molar-refractivity contribution in [1.82, 2.24) is 20.2 Å². The Bertz CT molecular complexity index is 536. The number of hydrogen-bond donors (Lipinski definition) is 1. The van der Waals surface area contributed by atoms with Crippen LogP contribution in [0.4, 0.5) is 0 Å². The molecule has 0 fully saturated rings. The van der Waals surface area contributed by atoms with Crippen molar-refractivity contribution in [2.75, 3.05) is 0 Å². The lowest BCUT2D eigenvalue weighted by Crippen LogP contribution is -2.04. The van der Waals surface area contributed by atoms with E-state index in [-0.39, 0.29) is 6.42 Å². The Labute approximate surface area is 97.9 Å². The molecule has 6 heteroatoms. The van der Waals surface area contributed by atoms with Gasteiger partial charge in [-0.2, -0.15) is 4.68 Å². The van der Waals surface area contributed by atoms with Gasteiger partial charge in [-0.25, -0.2) is 0 Å². The molecule has 0 spiro atoms. The van der Waals surface area contributed by atoms with Gasteiger partial charge in [-0.1, -0.05) is 19.1 Å². The number of tetrazole rings is 1. The second-order valence-corrected chi connectivity index (χ2v) is 3.60. The number of aryl methyl sites for hydroxylation is 1. The van der Waals surface area contributed by atoms with Crippen LogP contribution in [0.15, 0.2) is 24.3 Å². The first-order valence-electron chi connectivity index (χ1n) is 5.29. The maximum Gasteiger partial charge on any atom is 0.307 e. The van der Waals surface area contributed by atoms with Crippen LogP contribution in [0.2, 0.25) is 0 Å². The van der Waals surface area contributed by atoms with Gasteiger partial charge in [0.25, 0.3) is 0 Å². The van der Waals surface area contributed by atoms with Crippen molar-refractivity contribution in [3.63, 3.8) is 0 Å². The van der Waals surface area contributed by atoms with Gasteiger partial charge in [-0.05, 0) is 28.1 Å². The summed E-state index contributed by atoms with van der Waals surface area (Å²) < 4.78 is 1.62. The van der Waals surface area contributed by atoms with E-state index in [1.54, 1.807) is 22.9 Å². The minimum absolute atomic E-state index is 0.00256. The summed E-state index contributed by atoms with van der Waals surface area (Å²) in [5.74, 6) is -0.105. The number of nitrogens with zero attached hydrogens (tertiary/aromatic N) is 4. The first-order chi connectivity index (χ1) is 8.20. The molecule has 0 radical (unpaired) electrons. The summed E-state index contributed by atoms with van der Waals surface area (Å²) in [6.07, 6.45) is 0.716. The van der Waals surface area contributed by atoms with Gasteiger partial charge in [0.15, 0.2) is 5.82 Å². The molecular weight excluding hydrogens is 220 g/mol. The predicted molar refractivity (Wildman–Crippen MR) is 59.9 cm³/mol. The first-order valence-corrected chi connectivity index (χ1v) is 5.29. The second-order valence-electron chi connectivity index (χ2n) is 3.60. The van der Waals surface area contributed by atoms with Crippen molar-refractivity contribution in [3.8, 4) is 5.69 Å². The van der Waals surface area contributed by atoms with Crippen LogP contribution in [0.5, 0.6) is 0 Å². The van der Waals surface area contributed by atoms with Crippen LogP contribution in [0.3, 0.4) is 0 Å². The summed E-state index contributed by atoms with van der Waals surface area (Å²) in [6.45, 7) is 1.96. The van der Waals surface area contributed by atoms with E-state index < -0.39 is 5.97 Å². The molecule has 2 aromatic rings. The molecule has 88 valence electrons. The Morgan fingerprint density at radius 2 is 2.29 bits per heavy atom. The molecule has 0 aliphatic heterocycles. The van der Waals surface area contributed by atoms with Crippen LogP contribution in [-0.2, 0) is 17.6 Å². The molecule has 2 rings (SSSR count). The standard InChI is InChI=1S/C11H12N4O2/c1-2-10-12-13-14-15(10)9-5-3-4-8(6-9)7-11(16)17/h3-6H,2,7H2,1H3,(H,16,17). The quantitative estimate of drug-likeness (QED) is 0.845. The van der Waals surface area contributed by atoms with Gasteiger partial charge in [-0.15, -0.1) is 5.10 Å². The van der Waals surface area contributed by atoms with Crippen LogP contribution in [0, 0.1) is 0 Å². The SMILES string of the molecule is CCc1nnnn1-c1cccc(CC(=O)O)c1. The van der Waals surface area contributed by atoms with Gasteiger partial charge in [0.1, 0.15) is 0 Å². The second kappa shape index (κ2) is 4.73. The van der Waals surface area contributed by atoms with Gasteiger partial charge < -0.3 is 5.11 Å². The molecule has 0 amide bonds. The van der Waals surface area contributed by atoms with Gasteiger partial charge >= 0.3 is 5.97 Å². The lowest BCUT2D eigenvalue weighted by Gasteiger charge is -2.04. The zero-order chi connectivity index (χ0) is 12.3. The smallest absolute Gasteiger partial charge is 0.307 e. The highest BCUT2D eigenvalue weighted by Gasteiger charge is 2.07. The average molecular weight is 232 g/mol. The zero-order valence-electron chi connectivity index (χ0n) is 9.37. The Balaban J connectivity index is 2.36. The van der Waals surface area contributed by atoms with E-state index in [1.807, 2.05) is 13.0 Å². The van der Waals surface area contributed by atoms with E-state index in [4.69, 9.17) is 5.11 Å². The highest BCUT2D eigenvalue weighted by Crippen LogP contribution is 2.11. The predicted octanol–water partition coefficient (Wildman–Crippen LogP) is 0.852. The number of aliphatic carboxylic acids is 1. The summed E-state index contributed by atoms with van der Waals surface area (Å²) in [6, 6.07) is 7.20. The minimum atomic E-state index is -0.852. The summed E-state index contributed by atoms with van der Waals surface area (Å²) in [5.41, 5.74) is 1.51. The number of hydrogen-bond acceptors (Lipinski definition) is 4. The van der Waals surface area contributed by atoms with Crippen LogP contribution in [0.25, 0.3) is 5.69 Å². The van der Waals surface area contributed by atoms with Gasteiger partial charge in [0.2, 0.25) is 0 Å². The fourth-order valence-corrected chi connectivity index (χ4v) is 1.60. The molecule has 6 nitrogen and oxygen atoms in total. The first kappa shape index (κ1) is 11.3. The molecule has 0 aliphatic carbocycles. The molecule has 0 aliphatic rings. The summed E-state index contributed by atoms with van der Waals surface area (Å²) in [7, 11) is 0. The normalized spacial score (nSPS) is 10.4. The van der Waals surface area contributed by atoms with E-state index in [0.29, 0.717) is 0 Å². The Morgan fingerprint density at radius 1 is 1.47 bits per heavy atom. The number of aromatic nitrogens is 4. The maximum absolute atomic E-state index is 10.6. The van der Waals surface area contributed by atoms with Crippen molar-refractivity contribution >= 4 is 5.97 Å².